The maximum Gasteiger partial charge on any atom is 0.338 e. The van der Waals surface area contributed by atoms with E-state index in [0.717, 1.165) is 18.2 Å². The van der Waals surface area contributed by atoms with Gasteiger partial charge in [0.25, 0.3) is 10.0 Å². The van der Waals surface area contributed by atoms with Crippen LogP contribution >= 0.6 is 11.6 Å². The molecule has 2 aromatic carbocycles. The molecule has 0 amide bonds. The standard InChI is InChI=1S/C19H14ClFN2O5S/c20-16-9-12(4-7-18(16)28-11-13-3-1-2-8-22-13)23-29(26,27)14-5-6-17(21)15(10-14)19(24)25/h1-10,23H,11H2,(H,24,25). The lowest BCUT2D eigenvalue weighted by atomic mass is 10.2. The number of rotatable bonds is 7. The molecule has 0 saturated carbocycles. The molecule has 0 saturated heterocycles. The number of ether oxygens (including phenoxy) is 1. The Morgan fingerprint density at radius 3 is 2.62 bits per heavy atom. The number of carboxylic acids is 1. The first-order chi connectivity index (χ1) is 13.8. The first-order valence-electron chi connectivity index (χ1n) is 8.14. The molecule has 10 heteroatoms. The summed E-state index contributed by atoms with van der Waals surface area (Å²) in [7, 11) is -4.16. The number of carboxylic acid groups (broad SMARTS) is 1. The van der Waals surface area contributed by atoms with Gasteiger partial charge in [0.1, 0.15) is 18.2 Å². The van der Waals surface area contributed by atoms with E-state index in [9.17, 15) is 17.6 Å². The number of benzene rings is 2. The Balaban J connectivity index is 1.77. The molecule has 0 spiro atoms. The monoisotopic (exact) mass is 436 g/mol. The van der Waals surface area contributed by atoms with Crippen molar-refractivity contribution < 1.29 is 27.4 Å². The summed E-state index contributed by atoms with van der Waals surface area (Å²) in [6.07, 6.45) is 1.63. The quantitative estimate of drug-likeness (QED) is 0.581. The Hall–Kier alpha value is -3.17. The van der Waals surface area contributed by atoms with Gasteiger partial charge in [0.2, 0.25) is 0 Å². The van der Waals surface area contributed by atoms with E-state index in [1.807, 2.05) is 6.07 Å². The maximum absolute atomic E-state index is 13.5. The summed E-state index contributed by atoms with van der Waals surface area (Å²) in [6.45, 7) is 0.180. The molecule has 0 bridgehead atoms. The van der Waals surface area contributed by atoms with E-state index in [4.69, 9.17) is 21.4 Å². The van der Waals surface area contributed by atoms with Gasteiger partial charge in [-0.25, -0.2) is 17.6 Å². The Morgan fingerprint density at radius 2 is 1.97 bits per heavy atom. The maximum atomic E-state index is 13.5. The number of nitrogens with zero attached hydrogens (tertiary/aromatic N) is 1. The molecule has 0 unspecified atom stereocenters. The van der Waals surface area contributed by atoms with Crippen molar-refractivity contribution in [2.24, 2.45) is 0 Å². The van der Waals surface area contributed by atoms with E-state index < -0.39 is 32.3 Å². The summed E-state index contributed by atoms with van der Waals surface area (Å²) in [6, 6.07) is 12.1. The van der Waals surface area contributed by atoms with Crippen LogP contribution in [0.4, 0.5) is 10.1 Å². The molecule has 1 aromatic heterocycles. The predicted molar refractivity (Wildman–Crippen MR) is 104 cm³/mol. The van der Waals surface area contributed by atoms with Crippen LogP contribution in [0.5, 0.6) is 5.75 Å². The highest BCUT2D eigenvalue weighted by atomic mass is 35.5. The van der Waals surface area contributed by atoms with Crippen LogP contribution in [-0.4, -0.2) is 24.5 Å². The average molecular weight is 437 g/mol. The lowest BCUT2D eigenvalue weighted by molar-refractivity contribution is 0.0691. The van der Waals surface area contributed by atoms with E-state index in [0.29, 0.717) is 11.4 Å². The van der Waals surface area contributed by atoms with Gasteiger partial charge in [-0.3, -0.25) is 9.71 Å². The number of hydrogen-bond donors (Lipinski definition) is 2. The number of carbonyl (C=O) groups is 1. The second-order valence-corrected chi connectivity index (χ2v) is 7.90. The molecule has 0 aliphatic heterocycles. The first kappa shape index (κ1) is 20.6. The van der Waals surface area contributed by atoms with Gasteiger partial charge in [-0.05, 0) is 48.5 Å². The predicted octanol–water partition coefficient (Wildman–Crippen LogP) is 3.95. The van der Waals surface area contributed by atoms with E-state index in [1.54, 1.807) is 18.3 Å². The van der Waals surface area contributed by atoms with E-state index in [-0.39, 0.29) is 17.3 Å². The van der Waals surface area contributed by atoms with Gasteiger partial charge in [-0.2, -0.15) is 0 Å². The third-order valence-corrected chi connectivity index (χ3v) is 5.44. The SMILES string of the molecule is O=C(O)c1cc(S(=O)(=O)Nc2ccc(OCc3ccccn3)c(Cl)c2)ccc1F. The molecule has 0 aliphatic carbocycles. The molecule has 0 atom stereocenters. The van der Waals surface area contributed by atoms with Crippen molar-refractivity contribution in [3.05, 3.63) is 82.9 Å². The molecule has 1 heterocycles. The smallest absolute Gasteiger partial charge is 0.338 e. The van der Waals surface area contributed by atoms with Crippen molar-refractivity contribution in [2.75, 3.05) is 4.72 Å². The van der Waals surface area contributed by atoms with Crippen LogP contribution in [0.2, 0.25) is 5.02 Å². The minimum atomic E-state index is -4.16. The number of sulfonamides is 1. The normalized spacial score (nSPS) is 11.1. The number of nitrogens with one attached hydrogen (secondary N) is 1. The van der Waals surface area contributed by atoms with E-state index in [2.05, 4.69) is 9.71 Å². The van der Waals surface area contributed by atoms with Gasteiger partial charge in [-0.15, -0.1) is 0 Å². The Kier molecular flexibility index (Phi) is 6.00. The lowest BCUT2D eigenvalue weighted by Crippen LogP contribution is -2.14. The largest absolute Gasteiger partial charge is 0.486 e. The highest BCUT2D eigenvalue weighted by Gasteiger charge is 2.19. The number of hydrogen-bond acceptors (Lipinski definition) is 5. The van der Waals surface area contributed by atoms with Gasteiger partial charge in [-0.1, -0.05) is 17.7 Å². The zero-order chi connectivity index (χ0) is 21.0. The van der Waals surface area contributed by atoms with Crippen LogP contribution in [0, 0.1) is 5.82 Å². The highest BCUT2D eigenvalue weighted by Crippen LogP contribution is 2.29. The second-order valence-electron chi connectivity index (χ2n) is 5.81. The average Bonchev–Trinajstić information content (AvgIpc) is 2.68. The Morgan fingerprint density at radius 1 is 1.17 bits per heavy atom. The summed E-state index contributed by atoms with van der Waals surface area (Å²) in [5.74, 6) is -2.28. The van der Waals surface area contributed by atoms with Crippen LogP contribution in [-0.2, 0) is 16.6 Å². The van der Waals surface area contributed by atoms with Crippen molar-refractivity contribution in [1.29, 1.82) is 0 Å². The number of pyridine rings is 1. The van der Waals surface area contributed by atoms with Crippen molar-refractivity contribution in [1.82, 2.24) is 4.98 Å². The lowest BCUT2D eigenvalue weighted by Gasteiger charge is -2.12. The van der Waals surface area contributed by atoms with E-state index in [1.165, 1.54) is 18.2 Å². The number of halogens is 2. The zero-order valence-electron chi connectivity index (χ0n) is 14.7. The zero-order valence-corrected chi connectivity index (χ0v) is 16.2. The third-order valence-electron chi connectivity index (χ3n) is 3.76. The van der Waals surface area contributed by atoms with Crippen LogP contribution in [0.3, 0.4) is 0 Å². The minimum Gasteiger partial charge on any atom is -0.486 e. The molecule has 0 aliphatic rings. The molecular formula is C19H14ClFN2O5S. The van der Waals surface area contributed by atoms with Crippen molar-refractivity contribution >= 4 is 33.3 Å². The molecule has 29 heavy (non-hydrogen) atoms. The molecule has 7 nitrogen and oxygen atoms in total. The second kappa shape index (κ2) is 8.46. The molecule has 0 radical (unpaired) electrons. The van der Waals surface area contributed by atoms with Crippen LogP contribution in [0.25, 0.3) is 0 Å². The fourth-order valence-electron chi connectivity index (χ4n) is 2.37. The fraction of sp³-hybridized carbons (Fsp3) is 0.0526. The van der Waals surface area contributed by atoms with Gasteiger partial charge >= 0.3 is 5.97 Å². The molecular weight excluding hydrogens is 423 g/mol. The third kappa shape index (κ3) is 5.01. The first-order valence-corrected chi connectivity index (χ1v) is 10.0. The van der Waals surface area contributed by atoms with Crippen molar-refractivity contribution in [3.63, 3.8) is 0 Å². The number of aromatic carboxylic acids is 1. The van der Waals surface area contributed by atoms with Crippen molar-refractivity contribution in [3.8, 4) is 5.75 Å². The van der Waals surface area contributed by atoms with Gasteiger partial charge in [0.05, 0.1) is 26.9 Å². The molecule has 2 N–H and O–H groups in total. The number of aromatic nitrogens is 1. The summed E-state index contributed by atoms with van der Waals surface area (Å²) in [5.41, 5.74) is 0.0736. The van der Waals surface area contributed by atoms with E-state index >= 15 is 0 Å². The van der Waals surface area contributed by atoms with Crippen LogP contribution in [0.15, 0.2) is 65.7 Å². The fourth-order valence-corrected chi connectivity index (χ4v) is 3.68. The molecule has 3 rings (SSSR count). The van der Waals surface area contributed by atoms with Gasteiger partial charge < -0.3 is 9.84 Å². The molecule has 0 fully saturated rings. The molecule has 3 aromatic rings. The highest BCUT2D eigenvalue weighted by molar-refractivity contribution is 7.92. The van der Waals surface area contributed by atoms with Gasteiger partial charge in [0.15, 0.2) is 0 Å². The van der Waals surface area contributed by atoms with Crippen LogP contribution < -0.4 is 9.46 Å². The van der Waals surface area contributed by atoms with Crippen molar-refractivity contribution in [2.45, 2.75) is 11.5 Å². The Labute approximate surface area is 170 Å². The topological polar surface area (TPSA) is 106 Å². The summed E-state index contributed by atoms with van der Waals surface area (Å²) < 4.78 is 46.3. The number of anilines is 1. The minimum absolute atomic E-state index is 0.126. The Bertz CT molecular complexity index is 1160. The van der Waals surface area contributed by atoms with Gasteiger partial charge in [0, 0.05) is 6.20 Å². The summed E-state index contributed by atoms with van der Waals surface area (Å²) in [5, 5.41) is 9.11. The summed E-state index contributed by atoms with van der Waals surface area (Å²) >= 11 is 6.15. The van der Waals surface area contributed by atoms with Crippen LogP contribution in [0.1, 0.15) is 16.1 Å². The summed E-state index contributed by atoms with van der Waals surface area (Å²) in [4.78, 5) is 14.7. The molecule has 150 valence electrons.